The molecular weight excluding hydrogens is 81.7 g/mol. The number of hydrogen-bond acceptors (Lipinski definition) is 3. The van der Waals surface area contributed by atoms with Crippen LogP contribution in [0, 0.1) is 0 Å². The molecule has 6 heavy (non-hydrogen) atoms. The SMILES string of the molecule is O.OB(O)O.[LiH]. The van der Waals surface area contributed by atoms with Crippen LogP contribution in [-0.2, 0) is 0 Å². The van der Waals surface area contributed by atoms with Gasteiger partial charge in [-0.1, -0.05) is 0 Å². The zero-order valence-electron chi connectivity index (χ0n) is 2.42. The molecule has 0 bridgehead atoms. The van der Waals surface area contributed by atoms with E-state index < -0.39 is 7.32 Å². The Morgan fingerprint density at radius 3 is 1.00 bits per heavy atom. The monoisotopic (exact) mass is 88.1 g/mol. The molecular formula is H6BLiO4. The molecule has 6 heteroatoms. The molecule has 0 heterocycles. The molecule has 0 fully saturated rings. The number of rotatable bonds is 0. The van der Waals surface area contributed by atoms with Gasteiger partial charge in [0, 0.05) is 0 Å². The predicted octanol–water partition coefficient (Wildman–Crippen LogP) is -3.52. The Balaban J connectivity index is -0.0000000450. The van der Waals surface area contributed by atoms with Gasteiger partial charge in [-0.25, -0.2) is 0 Å². The Morgan fingerprint density at radius 2 is 1.00 bits per heavy atom. The van der Waals surface area contributed by atoms with Crippen molar-refractivity contribution in [1.29, 1.82) is 0 Å². The van der Waals surface area contributed by atoms with E-state index in [0.717, 1.165) is 0 Å². The van der Waals surface area contributed by atoms with Crippen LogP contribution in [0.15, 0.2) is 0 Å². The summed E-state index contributed by atoms with van der Waals surface area (Å²) in [4.78, 5) is 0. The van der Waals surface area contributed by atoms with Gasteiger partial charge in [-0.2, -0.15) is 0 Å². The number of hydrogen-bond donors (Lipinski definition) is 3. The van der Waals surface area contributed by atoms with Gasteiger partial charge in [-0.15, -0.1) is 0 Å². The van der Waals surface area contributed by atoms with Crippen molar-refractivity contribution >= 4 is 26.2 Å². The maximum absolute atomic E-state index is 7.17. The summed E-state index contributed by atoms with van der Waals surface area (Å²) in [7, 11) is -2.17. The zero-order valence-corrected chi connectivity index (χ0v) is 2.42. The van der Waals surface area contributed by atoms with Gasteiger partial charge in [0.05, 0.1) is 0 Å². The first-order valence-electron chi connectivity index (χ1n) is 0.775. The topological polar surface area (TPSA) is 92.2 Å². The Bertz CT molecular complexity index is 12.3. The van der Waals surface area contributed by atoms with Crippen LogP contribution in [0.5, 0.6) is 0 Å². The molecule has 0 aromatic heterocycles. The molecule has 34 valence electrons. The van der Waals surface area contributed by atoms with E-state index in [2.05, 4.69) is 0 Å². The fourth-order valence-corrected chi connectivity index (χ4v) is 0. The minimum absolute atomic E-state index is 0. The summed E-state index contributed by atoms with van der Waals surface area (Å²) in [5.74, 6) is 0. The Labute approximate surface area is 47.5 Å². The van der Waals surface area contributed by atoms with E-state index >= 15 is 0 Å². The maximum atomic E-state index is 7.17. The van der Waals surface area contributed by atoms with Crippen molar-refractivity contribution in [2.45, 2.75) is 0 Å². The molecule has 0 spiro atoms. The van der Waals surface area contributed by atoms with Crippen molar-refractivity contribution in [3.63, 3.8) is 0 Å². The third-order valence-corrected chi connectivity index (χ3v) is 0. The molecule has 0 unspecified atom stereocenters. The van der Waals surface area contributed by atoms with E-state index in [1.165, 1.54) is 0 Å². The van der Waals surface area contributed by atoms with Crippen LogP contribution in [0.4, 0.5) is 0 Å². The van der Waals surface area contributed by atoms with E-state index in [1.807, 2.05) is 0 Å². The summed E-state index contributed by atoms with van der Waals surface area (Å²) in [5.41, 5.74) is 0. The van der Waals surface area contributed by atoms with Gasteiger partial charge in [0.1, 0.15) is 0 Å². The molecule has 0 aromatic rings. The van der Waals surface area contributed by atoms with Gasteiger partial charge in [-0.3, -0.25) is 0 Å². The first kappa shape index (κ1) is 16.0. The van der Waals surface area contributed by atoms with E-state index in [1.54, 1.807) is 0 Å². The van der Waals surface area contributed by atoms with Crippen LogP contribution >= 0.6 is 0 Å². The molecule has 0 saturated carbocycles. The molecule has 0 aliphatic rings. The second-order valence-electron chi connectivity index (χ2n) is 0.346. The second-order valence-corrected chi connectivity index (χ2v) is 0.346. The molecule has 0 saturated heterocycles. The van der Waals surface area contributed by atoms with Crippen LogP contribution < -0.4 is 0 Å². The molecule has 0 atom stereocenters. The normalized spacial score (nSPS) is 4.50. The third-order valence-electron chi connectivity index (χ3n) is 0. The summed E-state index contributed by atoms with van der Waals surface area (Å²) in [6.45, 7) is 0. The van der Waals surface area contributed by atoms with Gasteiger partial charge in [0.25, 0.3) is 0 Å². The molecule has 0 aliphatic heterocycles. The average molecular weight is 87.8 g/mol. The van der Waals surface area contributed by atoms with Gasteiger partial charge < -0.3 is 20.5 Å². The summed E-state index contributed by atoms with van der Waals surface area (Å²) in [5, 5.41) is 21.5. The van der Waals surface area contributed by atoms with Crippen molar-refractivity contribution < 1.29 is 20.5 Å². The average Bonchev–Trinajstić information content (AvgIpc) is 0.811. The van der Waals surface area contributed by atoms with Crippen LogP contribution in [0.25, 0.3) is 0 Å². The first-order chi connectivity index (χ1) is 1.73. The van der Waals surface area contributed by atoms with E-state index in [0.29, 0.717) is 0 Å². The summed E-state index contributed by atoms with van der Waals surface area (Å²) in [6.07, 6.45) is 0. The molecule has 0 aliphatic carbocycles. The van der Waals surface area contributed by atoms with Crippen molar-refractivity contribution in [2.24, 2.45) is 0 Å². The molecule has 0 rings (SSSR count). The van der Waals surface area contributed by atoms with Gasteiger partial charge in [0.15, 0.2) is 0 Å². The van der Waals surface area contributed by atoms with Crippen LogP contribution in [-0.4, -0.2) is 46.7 Å². The molecule has 5 N–H and O–H groups in total. The standard InChI is InChI=1S/BH3O3.Li.H2O.H/c2-1(3)4;;;/h2-4H;;1H2;. The summed E-state index contributed by atoms with van der Waals surface area (Å²) < 4.78 is 0. The molecule has 0 radical (unpaired) electrons. The Morgan fingerprint density at radius 1 is 1.00 bits per heavy atom. The molecule has 4 nitrogen and oxygen atoms in total. The van der Waals surface area contributed by atoms with Crippen molar-refractivity contribution in [3.8, 4) is 0 Å². The Hall–Kier alpha value is 0.502. The van der Waals surface area contributed by atoms with E-state index in [9.17, 15) is 0 Å². The zero-order chi connectivity index (χ0) is 3.58. The van der Waals surface area contributed by atoms with Crippen LogP contribution in [0.2, 0.25) is 0 Å². The quantitative estimate of drug-likeness (QED) is 0.268. The van der Waals surface area contributed by atoms with E-state index in [4.69, 9.17) is 15.1 Å². The van der Waals surface area contributed by atoms with Gasteiger partial charge in [0.2, 0.25) is 0 Å². The molecule has 0 amide bonds. The fourth-order valence-electron chi connectivity index (χ4n) is 0. The van der Waals surface area contributed by atoms with Crippen LogP contribution in [0.3, 0.4) is 0 Å². The Kier molecular flexibility index (Phi) is 24.3. The summed E-state index contributed by atoms with van der Waals surface area (Å²) in [6, 6.07) is 0. The van der Waals surface area contributed by atoms with Gasteiger partial charge in [-0.05, 0) is 0 Å². The fraction of sp³-hybridized carbons (Fsp3) is 0. The van der Waals surface area contributed by atoms with E-state index in [-0.39, 0.29) is 24.3 Å². The predicted molar refractivity (Wildman–Crippen MR) is 23.2 cm³/mol. The van der Waals surface area contributed by atoms with Crippen LogP contribution in [0.1, 0.15) is 0 Å². The minimum atomic E-state index is -2.17. The third kappa shape index (κ3) is 219. The van der Waals surface area contributed by atoms with Crippen molar-refractivity contribution in [3.05, 3.63) is 0 Å². The van der Waals surface area contributed by atoms with Crippen molar-refractivity contribution in [1.82, 2.24) is 0 Å². The molecule has 0 aromatic carbocycles. The second kappa shape index (κ2) is 9.09. The van der Waals surface area contributed by atoms with Gasteiger partial charge >= 0.3 is 26.2 Å². The van der Waals surface area contributed by atoms with Crippen molar-refractivity contribution in [2.75, 3.05) is 0 Å². The first-order valence-corrected chi connectivity index (χ1v) is 0.775. The summed E-state index contributed by atoms with van der Waals surface area (Å²) >= 11 is 0.